The average molecular weight is 425 g/mol. The summed E-state index contributed by atoms with van der Waals surface area (Å²) < 4.78 is 2.10. The molecule has 0 atom stereocenters. The molecule has 2 aromatic heterocycles. The minimum atomic E-state index is -0.0973. The Bertz CT molecular complexity index is 1120. The maximum absolute atomic E-state index is 12.2. The van der Waals surface area contributed by atoms with Crippen LogP contribution in [-0.2, 0) is 9.59 Å². The number of nitrogens with zero attached hydrogens (tertiary/aromatic N) is 2. The Morgan fingerprint density at radius 3 is 1.69 bits per heavy atom. The number of hydrogen-bond acceptors (Lipinski definition) is 6. The van der Waals surface area contributed by atoms with Crippen molar-refractivity contribution >= 4 is 66.3 Å². The lowest BCUT2D eigenvalue weighted by Crippen LogP contribution is -2.14. The van der Waals surface area contributed by atoms with Gasteiger partial charge in [-0.05, 0) is 56.7 Å². The number of carbonyl (C=O) groups excluding carboxylic acids is 2. The van der Waals surface area contributed by atoms with Crippen LogP contribution in [0.15, 0.2) is 36.4 Å². The summed E-state index contributed by atoms with van der Waals surface area (Å²) in [6, 6.07) is 11.4. The smallest absolute Gasteiger partial charge is 0.224 e. The van der Waals surface area contributed by atoms with Gasteiger partial charge >= 0.3 is 0 Å². The van der Waals surface area contributed by atoms with Crippen LogP contribution < -0.4 is 10.6 Å². The van der Waals surface area contributed by atoms with E-state index in [1.54, 1.807) is 22.7 Å². The van der Waals surface area contributed by atoms with Gasteiger partial charge in [-0.2, -0.15) is 0 Å². The Kier molecular flexibility index (Phi) is 5.55. The van der Waals surface area contributed by atoms with E-state index in [1.807, 2.05) is 50.2 Å². The minimum Gasteiger partial charge on any atom is -0.326 e. The van der Waals surface area contributed by atoms with E-state index >= 15 is 0 Å². The number of anilines is 2. The van der Waals surface area contributed by atoms with Gasteiger partial charge in [0.15, 0.2) is 0 Å². The lowest BCUT2D eigenvalue weighted by atomic mass is 10.2. The van der Waals surface area contributed by atoms with Gasteiger partial charge in [-0.25, -0.2) is 9.97 Å². The zero-order valence-electron chi connectivity index (χ0n) is 16.1. The van der Waals surface area contributed by atoms with Crippen molar-refractivity contribution in [3.05, 3.63) is 46.4 Å². The maximum atomic E-state index is 12.2. The number of amides is 2. The van der Waals surface area contributed by atoms with Gasteiger partial charge in [-0.1, -0.05) is 0 Å². The second kappa shape index (κ2) is 8.26. The lowest BCUT2D eigenvalue weighted by Gasteiger charge is -2.06. The van der Waals surface area contributed by atoms with Crippen LogP contribution in [0.5, 0.6) is 0 Å². The zero-order chi connectivity index (χ0) is 20.4. The van der Waals surface area contributed by atoms with E-state index in [0.717, 1.165) is 41.8 Å². The van der Waals surface area contributed by atoms with Crippen molar-refractivity contribution in [1.29, 1.82) is 0 Å². The van der Waals surface area contributed by atoms with E-state index in [9.17, 15) is 9.59 Å². The number of aryl methyl sites for hydroxylation is 2. The highest BCUT2D eigenvalue weighted by atomic mass is 32.1. The van der Waals surface area contributed by atoms with Gasteiger partial charge in [0.05, 0.1) is 30.4 Å². The molecule has 2 amide bonds. The van der Waals surface area contributed by atoms with Gasteiger partial charge in [0.2, 0.25) is 11.8 Å². The number of hydrogen-bond donors (Lipinski definition) is 2. The largest absolute Gasteiger partial charge is 0.326 e. The summed E-state index contributed by atoms with van der Waals surface area (Å²) >= 11 is 3.20. The first-order valence-corrected chi connectivity index (χ1v) is 10.9. The van der Waals surface area contributed by atoms with Gasteiger partial charge < -0.3 is 10.6 Å². The second-order valence-electron chi connectivity index (χ2n) is 6.78. The molecule has 2 N–H and O–H groups in total. The maximum Gasteiger partial charge on any atom is 0.224 e. The minimum absolute atomic E-state index is 0.0973. The Morgan fingerprint density at radius 2 is 1.24 bits per heavy atom. The van der Waals surface area contributed by atoms with E-state index in [2.05, 4.69) is 20.6 Å². The molecule has 8 heteroatoms. The van der Waals surface area contributed by atoms with Gasteiger partial charge in [0.25, 0.3) is 0 Å². The van der Waals surface area contributed by atoms with Crippen molar-refractivity contribution in [2.24, 2.45) is 0 Å². The summed E-state index contributed by atoms with van der Waals surface area (Å²) in [6.07, 6.45) is 1.07. The van der Waals surface area contributed by atoms with Gasteiger partial charge in [-0.15, -0.1) is 22.7 Å². The van der Waals surface area contributed by atoms with Gasteiger partial charge in [0.1, 0.15) is 0 Å². The molecule has 4 aromatic rings. The van der Waals surface area contributed by atoms with E-state index < -0.39 is 0 Å². The first kappa shape index (κ1) is 19.5. The predicted molar refractivity (Wildman–Crippen MR) is 120 cm³/mol. The fourth-order valence-electron chi connectivity index (χ4n) is 3.09. The molecule has 0 aliphatic carbocycles. The van der Waals surface area contributed by atoms with E-state index in [0.29, 0.717) is 19.3 Å². The summed E-state index contributed by atoms with van der Waals surface area (Å²) in [5.41, 5.74) is 3.38. The molecule has 0 radical (unpaired) electrons. The van der Waals surface area contributed by atoms with Crippen molar-refractivity contribution in [3.8, 4) is 0 Å². The number of thiazole rings is 2. The highest BCUT2D eigenvalue weighted by Crippen LogP contribution is 2.26. The molecule has 0 fully saturated rings. The number of fused-ring (bicyclic) bond motifs is 2. The molecule has 0 saturated heterocycles. The molecule has 2 aromatic carbocycles. The summed E-state index contributed by atoms with van der Waals surface area (Å²) in [5.74, 6) is -0.195. The Balaban J connectivity index is 1.25. The first-order valence-electron chi connectivity index (χ1n) is 9.30. The molecule has 148 valence electrons. The van der Waals surface area contributed by atoms with Gasteiger partial charge in [0, 0.05) is 24.2 Å². The molecular weight excluding hydrogens is 404 g/mol. The number of carbonyl (C=O) groups is 2. The highest BCUT2D eigenvalue weighted by molar-refractivity contribution is 7.18. The molecule has 0 saturated carbocycles. The van der Waals surface area contributed by atoms with Crippen LogP contribution in [0.25, 0.3) is 20.4 Å². The molecule has 2 heterocycles. The average Bonchev–Trinajstić information content (AvgIpc) is 3.21. The van der Waals surface area contributed by atoms with Crippen LogP contribution in [0.3, 0.4) is 0 Å². The second-order valence-corrected chi connectivity index (χ2v) is 9.25. The first-order chi connectivity index (χ1) is 14.0. The Morgan fingerprint density at radius 1 is 0.793 bits per heavy atom. The Hall–Kier alpha value is -2.84. The molecular formula is C21H20N4O2S2. The van der Waals surface area contributed by atoms with Gasteiger partial charge in [-0.3, -0.25) is 9.59 Å². The predicted octanol–water partition coefficient (Wildman–Crippen LogP) is 5.27. The summed E-state index contributed by atoms with van der Waals surface area (Å²) in [5, 5.41) is 7.78. The van der Waals surface area contributed by atoms with Crippen molar-refractivity contribution in [2.45, 2.75) is 33.1 Å². The number of nitrogens with one attached hydrogen (secondary N) is 2. The van der Waals surface area contributed by atoms with Crippen LogP contribution in [0.2, 0.25) is 0 Å². The fourth-order valence-corrected chi connectivity index (χ4v) is 4.82. The van der Waals surface area contributed by atoms with Crippen LogP contribution in [-0.4, -0.2) is 21.8 Å². The van der Waals surface area contributed by atoms with Crippen LogP contribution in [0.1, 0.15) is 29.3 Å². The summed E-state index contributed by atoms with van der Waals surface area (Å²) in [6.45, 7) is 3.93. The van der Waals surface area contributed by atoms with Crippen LogP contribution in [0.4, 0.5) is 11.4 Å². The van der Waals surface area contributed by atoms with E-state index in [-0.39, 0.29) is 11.8 Å². The molecule has 0 bridgehead atoms. The molecule has 0 aliphatic heterocycles. The molecule has 4 rings (SSSR count). The van der Waals surface area contributed by atoms with Crippen molar-refractivity contribution in [1.82, 2.24) is 9.97 Å². The van der Waals surface area contributed by atoms with Crippen molar-refractivity contribution in [2.75, 3.05) is 10.6 Å². The van der Waals surface area contributed by atoms with Crippen LogP contribution in [0, 0.1) is 13.8 Å². The summed E-state index contributed by atoms with van der Waals surface area (Å²) in [4.78, 5) is 33.2. The van der Waals surface area contributed by atoms with Crippen LogP contribution >= 0.6 is 22.7 Å². The zero-order valence-corrected chi connectivity index (χ0v) is 17.7. The molecule has 6 nitrogen and oxygen atoms in total. The molecule has 0 aliphatic rings. The van der Waals surface area contributed by atoms with Crippen molar-refractivity contribution < 1.29 is 9.59 Å². The number of aromatic nitrogens is 2. The quantitative estimate of drug-likeness (QED) is 0.442. The van der Waals surface area contributed by atoms with Crippen molar-refractivity contribution in [3.63, 3.8) is 0 Å². The standard InChI is InChI=1S/C21H20N4O2S2/c1-12-22-16-8-6-14(10-18(16)28-12)24-20(26)4-3-5-21(27)25-15-7-9-17-19(11-15)29-13(2)23-17/h6-11H,3-5H2,1-2H3,(H,24,26)(H,25,27). The SMILES string of the molecule is Cc1nc2ccc(NC(=O)CCCC(=O)Nc3ccc4nc(C)sc4c3)cc2s1. The third-order valence-corrected chi connectivity index (χ3v) is 6.23. The molecule has 29 heavy (non-hydrogen) atoms. The van der Waals surface area contributed by atoms with E-state index in [4.69, 9.17) is 0 Å². The monoisotopic (exact) mass is 424 g/mol. The molecule has 0 unspecified atom stereocenters. The normalized spacial score (nSPS) is 11.1. The Labute approximate surface area is 176 Å². The third-order valence-electron chi connectivity index (χ3n) is 4.37. The topological polar surface area (TPSA) is 84.0 Å². The number of rotatable bonds is 6. The summed E-state index contributed by atoms with van der Waals surface area (Å²) in [7, 11) is 0. The fraction of sp³-hybridized carbons (Fsp3) is 0.238. The lowest BCUT2D eigenvalue weighted by molar-refractivity contribution is -0.117. The third kappa shape index (κ3) is 4.78. The highest BCUT2D eigenvalue weighted by Gasteiger charge is 2.09. The van der Waals surface area contributed by atoms with E-state index in [1.165, 1.54) is 0 Å². The molecule has 0 spiro atoms. The number of benzene rings is 2.